The van der Waals surface area contributed by atoms with E-state index in [-0.39, 0.29) is 17.4 Å². The molecule has 0 spiro atoms. The van der Waals surface area contributed by atoms with Crippen LogP contribution in [-0.4, -0.2) is 40.9 Å². The molecule has 1 amide bonds. The average molecular weight is 484 g/mol. The van der Waals surface area contributed by atoms with Crippen LogP contribution in [0.3, 0.4) is 0 Å². The Morgan fingerprint density at radius 3 is 2.41 bits per heavy atom. The monoisotopic (exact) mass is 483 g/mol. The van der Waals surface area contributed by atoms with Gasteiger partial charge in [0.2, 0.25) is 5.91 Å². The molecule has 1 N–H and O–H groups in total. The van der Waals surface area contributed by atoms with Crippen molar-refractivity contribution in [1.29, 1.82) is 0 Å². The van der Waals surface area contributed by atoms with E-state index in [0.29, 0.717) is 34.7 Å². The Balaban J connectivity index is 1.85. The number of esters is 1. The molecular formula is C25H29N3O5S. The van der Waals surface area contributed by atoms with Gasteiger partial charge in [-0.15, -0.1) is 0 Å². The third-order valence-corrected chi connectivity index (χ3v) is 6.26. The van der Waals surface area contributed by atoms with Crippen LogP contribution in [0, 0.1) is 5.92 Å². The van der Waals surface area contributed by atoms with E-state index in [2.05, 4.69) is 10.3 Å². The fourth-order valence-electron chi connectivity index (χ4n) is 3.35. The number of fused-ring (bicyclic) bond motifs is 1. The van der Waals surface area contributed by atoms with Crippen LogP contribution in [0.1, 0.15) is 36.7 Å². The van der Waals surface area contributed by atoms with E-state index in [0.717, 1.165) is 11.3 Å². The molecule has 1 aromatic heterocycles. The van der Waals surface area contributed by atoms with Crippen molar-refractivity contribution in [2.45, 2.75) is 44.3 Å². The Morgan fingerprint density at radius 1 is 1.09 bits per heavy atom. The highest BCUT2D eigenvalue weighted by atomic mass is 32.2. The highest BCUT2D eigenvalue weighted by Gasteiger charge is 2.20. The van der Waals surface area contributed by atoms with Crippen LogP contribution in [0.25, 0.3) is 10.9 Å². The molecule has 180 valence electrons. The van der Waals surface area contributed by atoms with Gasteiger partial charge in [-0.25, -0.2) is 9.78 Å². The van der Waals surface area contributed by atoms with Crippen LogP contribution >= 0.6 is 11.8 Å². The molecule has 0 aliphatic carbocycles. The standard InChI is InChI=1S/C25H29N3O5S/c1-15(2)14-28-23(30)20-11-8-18(24(31)33-5)12-21(20)27-25(28)34-16(3)22(29)26-13-17-6-9-19(32-4)10-7-17/h6-12,15-16H,13-14H2,1-5H3,(H,26,29). The molecule has 0 aliphatic rings. The Morgan fingerprint density at radius 2 is 1.79 bits per heavy atom. The first kappa shape index (κ1) is 25.3. The second kappa shape index (κ2) is 11.2. The number of nitrogens with zero attached hydrogens (tertiary/aromatic N) is 2. The molecule has 0 saturated carbocycles. The van der Waals surface area contributed by atoms with E-state index in [4.69, 9.17) is 9.47 Å². The second-order valence-corrected chi connectivity index (χ2v) is 9.56. The van der Waals surface area contributed by atoms with E-state index in [1.807, 2.05) is 38.1 Å². The fourth-order valence-corrected chi connectivity index (χ4v) is 4.29. The number of nitrogens with one attached hydrogen (secondary N) is 1. The molecule has 0 aliphatic heterocycles. The van der Waals surface area contributed by atoms with Crippen LogP contribution in [0.15, 0.2) is 52.4 Å². The van der Waals surface area contributed by atoms with Gasteiger partial charge in [0.1, 0.15) is 5.75 Å². The van der Waals surface area contributed by atoms with Crippen molar-refractivity contribution in [3.8, 4) is 5.75 Å². The molecule has 0 radical (unpaired) electrons. The number of ether oxygens (including phenoxy) is 2. The maximum Gasteiger partial charge on any atom is 0.337 e. The first-order valence-electron chi connectivity index (χ1n) is 10.9. The SMILES string of the molecule is COC(=O)c1ccc2c(=O)n(CC(C)C)c(SC(C)C(=O)NCc3ccc(OC)cc3)nc2c1. The summed E-state index contributed by atoms with van der Waals surface area (Å²) in [5.41, 5.74) is 1.44. The van der Waals surface area contributed by atoms with Crippen LogP contribution in [-0.2, 0) is 22.6 Å². The molecule has 34 heavy (non-hydrogen) atoms. The summed E-state index contributed by atoms with van der Waals surface area (Å²) in [5.74, 6) is 0.273. The number of carbonyl (C=O) groups excluding carboxylic acids is 2. The number of aromatic nitrogens is 2. The molecule has 1 atom stereocenters. The lowest BCUT2D eigenvalue weighted by Gasteiger charge is -2.18. The highest BCUT2D eigenvalue weighted by molar-refractivity contribution is 8.00. The number of amides is 1. The number of thioether (sulfide) groups is 1. The molecule has 8 nitrogen and oxygen atoms in total. The zero-order chi connectivity index (χ0) is 24.8. The minimum Gasteiger partial charge on any atom is -0.497 e. The van der Waals surface area contributed by atoms with Crippen LogP contribution in [0.4, 0.5) is 0 Å². The summed E-state index contributed by atoms with van der Waals surface area (Å²) in [6.07, 6.45) is 0. The van der Waals surface area contributed by atoms with Crippen LogP contribution in [0.5, 0.6) is 5.75 Å². The zero-order valence-electron chi connectivity index (χ0n) is 20.0. The third kappa shape index (κ3) is 5.96. The predicted molar refractivity (Wildman–Crippen MR) is 132 cm³/mol. The number of rotatable bonds is 9. The van der Waals surface area contributed by atoms with Gasteiger partial charge in [-0.05, 0) is 48.7 Å². The van der Waals surface area contributed by atoms with Gasteiger partial charge in [0, 0.05) is 13.1 Å². The van der Waals surface area contributed by atoms with Crippen molar-refractivity contribution < 1.29 is 19.1 Å². The van der Waals surface area contributed by atoms with Gasteiger partial charge in [-0.3, -0.25) is 14.2 Å². The van der Waals surface area contributed by atoms with Crippen molar-refractivity contribution in [1.82, 2.24) is 14.9 Å². The molecular weight excluding hydrogens is 454 g/mol. The molecule has 1 heterocycles. The van der Waals surface area contributed by atoms with E-state index in [9.17, 15) is 14.4 Å². The summed E-state index contributed by atoms with van der Waals surface area (Å²) < 4.78 is 11.5. The largest absolute Gasteiger partial charge is 0.497 e. The molecule has 3 rings (SSSR count). The Bertz CT molecular complexity index is 1240. The maximum absolute atomic E-state index is 13.2. The van der Waals surface area contributed by atoms with Crippen molar-refractivity contribution in [3.05, 3.63) is 63.9 Å². The topological polar surface area (TPSA) is 99.5 Å². The lowest BCUT2D eigenvalue weighted by molar-refractivity contribution is -0.120. The van der Waals surface area contributed by atoms with Crippen LogP contribution in [0.2, 0.25) is 0 Å². The van der Waals surface area contributed by atoms with E-state index < -0.39 is 11.2 Å². The van der Waals surface area contributed by atoms with Crippen molar-refractivity contribution in [3.63, 3.8) is 0 Å². The Hall–Kier alpha value is -3.33. The van der Waals surface area contributed by atoms with Crippen molar-refractivity contribution in [2.75, 3.05) is 14.2 Å². The lowest BCUT2D eigenvalue weighted by atomic mass is 10.1. The van der Waals surface area contributed by atoms with Gasteiger partial charge in [0.05, 0.1) is 35.9 Å². The molecule has 1 unspecified atom stereocenters. The first-order chi connectivity index (χ1) is 16.2. The van der Waals surface area contributed by atoms with Crippen molar-refractivity contribution in [2.24, 2.45) is 5.92 Å². The summed E-state index contributed by atoms with van der Waals surface area (Å²) in [4.78, 5) is 42.6. The summed E-state index contributed by atoms with van der Waals surface area (Å²) in [5, 5.41) is 3.27. The minimum atomic E-state index is -0.504. The fraction of sp³-hybridized carbons (Fsp3) is 0.360. The minimum absolute atomic E-state index is 0.172. The smallest absolute Gasteiger partial charge is 0.337 e. The molecule has 0 bridgehead atoms. The van der Waals surface area contributed by atoms with Gasteiger partial charge >= 0.3 is 5.97 Å². The Labute approximate surface area is 202 Å². The number of hydrogen-bond acceptors (Lipinski definition) is 7. The van der Waals surface area contributed by atoms with E-state index in [1.54, 1.807) is 36.8 Å². The number of hydrogen-bond donors (Lipinski definition) is 1. The highest BCUT2D eigenvalue weighted by Crippen LogP contribution is 2.24. The van der Waals surface area contributed by atoms with E-state index >= 15 is 0 Å². The van der Waals surface area contributed by atoms with Gasteiger partial charge in [-0.1, -0.05) is 37.7 Å². The van der Waals surface area contributed by atoms with Gasteiger partial charge in [0.15, 0.2) is 5.16 Å². The lowest BCUT2D eigenvalue weighted by Crippen LogP contribution is -2.32. The maximum atomic E-state index is 13.2. The summed E-state index contributed by atoms with van der Waals surface area (Å²) in [6.45, 7) is 6.63. The second-order valence-electron chi connectivity index (χ2n) is 8.25. The van der Waals surface area contributed by atoms with Gasteiger partial charge < -0.3 is 14.8 Å². The number of benzene rings is 2. The third-order valence-electron chi connectivity index (χ3n) is 5.17. The normalized spacial score (nSPS) is 11.9. The summed E-state index contributed by atoms with van der Waals surface area (Å²) in [7, 11) is 2.90. The quantitative estimate of drug-likeness (QED) is 0.282. The molecule has 0 fully saturated rings. The van der Waals surface area contributed by atoms with Crippen LogP contribution < -0.4 is 15.6 Å². The van der Waals surface area contributed by atoms with Gasteiger partial charge in [0.25, 0.3) is 5.56 Å². The summed E-state index contributed by atoms with van der Waals surface area (Å²) in [6, 6.07) is 12.1. The zero-order valence-corrected chi connectivity index (χ0v) is 20.8. The first-order valence-corrected chi connectivity index (χ1v) is 11.8. The van der Waals surface area contributed by atoms with Gasteiger partial charge in [-0.2, -0.15) is 0 Å². The average Bonchev–Trinajstić information content (AvgIpc) is 2.84. The number of methoxy groups -OCH3 is 2. The molecule has 0 saturated heterocycles. The molecule has 3 aromatic rings. The Kier molecular flexibility index (Phi) is 8.33. The summed E-state index contributed by atoms with van der Waals surface area (Å²) >= 11 is 1.21. The predicted octanol–water partition coefficient (Wildman–Crippen LogP) is 3.64. The molecule has 2 aromatic carbocycles. The van der Waals surface area contributed by atoms with E-state index in [1.165, 1.54) is 18.9 Å². The molecule has 9 heteroatoms. The number of carbonyl (C=O) groups is 2. The van der Waals surface area contributed by atoms with Crippen molar-refractivity contribution >= 4 is 34.5 Å².